The number of pyridine rings is 1. The molecule has 35 heavy (non-hydrogen) atoms. The Hall–Kier alpha value is -2.65. The number of hydrogen-bond donors (Lipinski definition) is 0. The Morgan fingerprint density at radius 3 is 2.57 bits per heavy atom. The first-order valence-electron chi connectivity index (χ1n) is 12.1. The van der Waals surface area contributed by atoms with Gasteiger partial charge in [0.1, 0.15) is 17.3 Å². The van der Waals surface area contributed by atoms with Crippen LogP contribution in [0.4, 0.5) is 19.0 Å². The highest BCUT2D eigenvalue weighted by Crippen LogP contribution is 2.56. The summed E-state index contributed by atoms with van der Waals surface area (Å²) < 4.78 is 42.0. The first-order valence-corrected chi connectivity index (χ1v) is 12.4. The minimum atomic E-state index is -2.92. The summed E-state index contributed by atoms with van der Waals surface area (Å²) in [5.41, 5.74) is 1.65. The number of benzene rings is 1. The maximum absolute atomic E-state index is 13.6. The Labute approximate surface area is 205 Å². The number of nitrogens with zero attached hydrogens (tertiary/aromatic N) is 6. The number of halogens is 4. The number of anilines is 1. The molecule has 0 radical (unpaired) electrons. The van der Waals surface area contributed by atoms with E-state index in [-0.39, 0.29) is 11.3 Å². The molecule has 4 aliphatic rings. The first-order chi connectivity index (χ1) is 16.9. The molecule has 1 aromatic carbocycles. The fourth-order valence-corrected chi connectivity index (χ4v) is 6.34. The average molecular weight is 501 g/mol. The molecule has 7 rings (SSSR count). The van der Waals surface area contributed by atoms with Crippen molar-refractivity contribution in [1.29, 1.82) is 0 Å². The predicted octanol–water partition coefficient (Wildman–Crippen LogP) is 5.25. The number of rotatable bonds is 4. The zero-order chi connectivity index (χ0) is 23.9. The Morgan fingerprint density at radius 2 is 1.83 bits per heavy atom. The van der Waals surface area contributed by atoms with Gasteiger partial charge in [0.2, 0.25) is 0 Å². The van der Waals surface area contributed by atoms with E-state index in [9.17, 15) is 13.2 Å². The number of aromatic nitrogens is 4. The Morgan fingerprint density at radius 1 is 1.03 bits per heavy atom. The Kier molecular flexibility index (Phi) is 4.74. The highest BCUT2D eigenvalue weighted by Gasteiger charge is 2.54. The van der Waals surface area contributed by atoms with Gasteiger partial charge in [-0.05, 0) is 61.6 Å². The molecular formula is C25H24ClF3N6. The van der Waals surface area contributed by atoms with Gasteiger partial charge in [0.15, 0.2) is 11.6 Å². The summed E-state index contributed by atoms with van der Waals surface area (Å²) in [4.78, 5) is 8.30. The molecule has 2 aromatic heterocycles. The van der Waals surface area contributed by atoms with Crippen LogP contribution in [0.15, 0.2) is 30.3 Å². The van der Waals surface area contributed by atoms with Crippen LogP contribution in [0.2, 0.25) is 5.02 Å². The van der Waals surface area contributed by atoms with E-state index in [4.69, 9.17) is 11.6 Å². The van der Waals surface area contributed by atoms with Gasteiger partial charge in [-0.1, -0.05) is 11.6 Å². The molecule has 10 heteroatoms. The van der Waals surface area contributed by atoms with E-state index < -0.39 is 17.9 Å². The van der Waals surface area contributed by atoms with E-state index in [1.54, 1.807) is 0 Å². The van der Waals surface area contributed by atoms with Crippen LogP contribution in [-0.2, 0) is 13.1 Å². The monoisotopic (exact) mass is 500 g/mol. The minimum absolute atomic E-state index is 0.117. The second-order valence-electron chi connectivity index (χ2n) is 10.5. The van der Waals surface area contributed by atoms with Gasteiger partial charge < -0.3 is 4.90 Å². The molecule has 0 bridgehead atoms. The van der Waals surface area contributed by atoms with Crippen molar-refractivity contribution in [1.82, 2.24) is 24.6 Å². The summed E-state index contributed by atoms with van der Waals surface area (Å²) in [6, 6.07) is 9.23. The van der Waals surface area contributed by atoms with Crippen molar-refractivity contribution in [3.05, 3.63) is 64.1 Å². The molecule has 182 valence electrons. The van der Waals surface area contributed by atoms with Crippen LogP contribution in [0.5, 0.6) is 0 Å². The zero-order valence-corrected chi connectivity index (χ0v) is 19.7. The summed E-state index contributed by atoms with van der Waals surface area (Å²) in [7, 11) is 0. The average Bonchev–Trinajstić information content (AvgIpc) is 3.56. The minimum Gasteiger partial charge on any atom is -0.355 e. The van der Waals surface area contributed by atoms with Gasteiger partial charge in [0.05, 0.1) is 12.2 Å². The molecule has 0 amide bonds. The molecule has 3 fully saturated rings. The van der Waals surface area contributed by atoms with Crippen LogP contribution < -0.4 is 4.90 Å². The predicted molar refractivity (Wildman–Crippen MR) is 124 cm³/mol. The lowest BCUT2D eigenvalue weighted by molar-refractivity contribution is 0.0579. The van der Waals surface area contributed by atoms with Crippen LogP contribution in [0.3, 0.4) is 0 Å². The first kappa shape index (κ1) is 21.6. The van der Waals surface area contributed by atoms with E-state index >= 15 is 0 Å². The third-order valence-electron chi connectivity index (χ3n) is 7.98. The highest BCUT2D eigenvalue weighted by atomic mass is 35.5. The fraction of sp³-hybridized carbons (Fsp3) is 0.480. The maximum atomic E-state index is 13.6. The van der Waals surface area contributed by atoms with Gasteiger partial charge in [-0.2, -0.15) is 0 Å². The van der Waals surface area contributed by atoms with Gasteiger partial charge in [-0.3, -0.25) is 9.47 Å². The normalized spacial score (nSPS) is 21.5. The van der Waals surface area contributed by atoms with Crippen molar-refractivity contribution in [3.63, 3.8) is 0 Å². The van der Waals surface area contributed by atoms with Crippen molar-refractivity contribution in [2.45, 2.75) is 57.2 Å². The van der Waals surface area contributed by atoms with Crippen LogP contribution >= 0.6 is 11.6 Å². The van der Waals surface area contributed by atoms with Crippen molar-refractivity contribution in [2.75, 3.05) is 18.0 Å². The molecule has 2 aliphatic carbocycles. The van der Waals surface area contributed by atoms with Gasteiger partial charge in [0.25, 0.3) is 6.43 Å². The molecule has 1 spiro atoms. The SMILES string of the molecule is Fc1ccc(N2CC3(CC(c4nnc5n4-c4ccc(Cl)cc4CN(C4CC4)C5)C3)C2)nc1C(F)F. The molecule has 2 aliphatic heterocycles. The summed E-state index contributed by atoms with van der Waals surface area (Å²) in [6.07, 6.45) is 1.44. The van der Waals surface area contributed by atoms with Crippen molar-refractivity contribution >= 4 is 17.4 Å². The van der Waals surface area contributed by atoms with Crippen molar-refractivity contribution in [2.24, 2.45) is 5.41 Å². The highest BCUT2D eigenvalue weighted by molar-refractivity contribution is 6.30. The Bertz CT molecular complexity index is 1310. The lowest BCUT2D eigenvalue weighted by Gasteiger charge is -2.59. The van der Waals surface area contributed by atoms with E-state index in [1.165, 1.54) is 24.5 Å². The van der Waals surface area contributed by atoms with E-state index in [0.717, 1.165) is 67.4 Å². The van der Waals surface area contributed by atoms with Crippen LogP contribution in [0.25, 0.3) is 5.69 Å². The molecule has 6 nitrogen and oxygen atoms in total. The van der Waals surface area contributed by atoms with Crippen LogP contribution in [0.1, 0.15) is 60.9 Å². The topological polar surface area (TPSA) is 50.1 Å². The second kappa shape index (κ2) is 7.67. The molecule has 3 aromatic rings. The molecule has 0 atom stereocenters. The molecule has 2 saturated carbocycles. The van der Waals surface area contributed by atoms with Gasteiger partial charge in [-0.15, -0.1) is 10.2 Å². The summed E-state index contributed by atoms with van der Waals surface area (Å²) in [5, 5.41) is 9.98. The summed E-state index contributed by atoms with van der Waals surface area (Å²) in [6.45, 7) is 3.09. The van der Waals surface area contributed by atoms with E-state index in [0.29, 0.717) is 11.9 Å². The van der Waals surface area contributed by atoms with Crippen LogP contribution in [-0.4, -0.2) is 43.8 Å². The summed E-state index contributed by atoms with van der Waals surface area (Å²) in [5.74, 6) is 1.70. The third kappa shape index (κ3) is 3.54. The number of hydrogen-bond acceptors (Lipinski definition) is 5. The van der Waals surface area contributed by atoms with Crippen molar-refractivity contribution in [3.8, 4) is 5.69 Å². The Balaban J connectivity index is 1.11. The van der Waals surface area contributed by atoms with Gasteiger partial charge in [-0.25, -0.2) is 18.2 Å². The second-order valence-corrected chi connectivity index (χ2v) is 11.0. The largest absolute Gasteiger partial charge is 0.355 e. The fourth-order valence-electron chi connectivity index (χ4n) is 6.14. The maximum Gasteiger partial charge on any atom is 0.283 e. The third-order valence-corrected chi connectivity index (χ3v) is 8.22. The standard InChI is InChI=1S/C25H24ClF3N6/c26-16-1-5-19-14(7-16)10-33(17-2-3-17)11-21-31-32-24(35(19)21)15-8-25(9-15)12-34(13-25)20-6-4-18(27)22(30-20)23(28)29/h1,4-7,15,17,23H,2-3,8-13H2. The molecule has 0 unspecified atom stereocenters. The molecule has 1 saturated heterocycles. The van der Waals surface area contributed by atoms with Gasteiger partial charge in [0, 0.05) is 42.0 Å². The van der Waals surface area contributed by atoms with Gasteiger partial charge >= 0.3 is 0 Å². The quantitative estimate of drug-likeness (QED) is 0.489. The van der Waals surface area contributed by atoms with E-state index in [2.05, 4.69) is 36.8 Å². The summed E-state index contributed by atoms with van der Waals surface area (Å²) >= 11 is 6.35. The van der Waals surface area contributed by atoms with Crippen LogP contribution in [0, 0.1) is 11.2 Å². The zero-order valence-electron chi connectivity index (χ0n) is 19.0. The molecule has 4 heterocycles. The molecular weight excluding hydrogens is 477 g/mol. The smallest absolute Gasteiger partial charge is 0.283 e. The van der Waals surface area contributed by atoms with E-state index in [1.807, 2.05) is 11.0 Å². The number of fused-ring (bicyclic) bond motifs is 3. The van der Waals surface area contributed by atoms with Crippen molar-refractivity contribution < 1.29 is 13.2 Å². The molecule has 0 N–H and O–H groups in total. The lowest BCUT2D eigenvalue weighted by Crippen LogP contribution is -2.62. The lowest BCUT2D eigenvalue weighted by atomic mass is 9.57. The number of alkyl halides is 2.